The van der Waals surface area contributed by atoms with Crippen LogP contribution in [0.15, 0.2) is 16.8 Å². The summed E-state index contributed by atoms with van der Waals surface area (Å²) in [5.74, 6) is 0.669. The number of nitrogens with zero attached hydrogens (tertiary/aromatic N) is 1. The maximum absolute atomic E-state index is 12.2. The van der Waals surface area contributed by atoms with E-state index in [1.165, 1.54) is 5.56 Å². The third-order valence-corrected chi connectivity index (χ3v) is 5.89. The van der Waals surface area contributed by atoms with E-state index in [0.717, 1.165) is 12.8 Å². The molecule has 0 radical (unpaired) electrons. The van der Waals surface area contributed by atoms with Crippen LogP contribution in [-0.2, 0) is 10.2 Å². The van der Waals surface area contributed by atoms with E-state index in [1.807, 2.05) is 18.4 Å². The van der Waals surface area contributed by atoms with Gasteiger partial charge in [-0.1, -0.05) is 13.8 Å². The summed E-state index contributed by atoms with van der Waals surface area (Å²) in [7, 11) is -3.32. The second-order valence-corrected chi connectivity index (χ2v) is 7.95. The summed E-state index contributed by atoms with van der Waals surface area (Å²) >= 11 is 1.64. The molecule has 108 valence electrons. The SMILES string of the molecule is C[C@H]1CCCN(S(=O)(=O)NC[C@@H](C)c2ccsc2)C1. The summed E-state index contributed by atoms with van der Waals surface area (Å²) < 4.78 is 28.8. The van der Waals surface area contributed by atoms with Crippen LogP contribution < -0.4 is 4.72 Å². The van der Waals surface area contributed by atoms with E-state index in [-0.39, 0.29) is 5.92 Å². The highest BCUT2D eigenvalue weighted by molar-refractivity contribution is 7.87. The highest BCUT2D eigenvalue weighted by Crippen LogP contribution is 2.20. The van der Waals surface area contributed by atoms with Crippen molar-refractivity contribution in [2.24, 2.45) is 5.92 Å². The van der Waals surface area contributed by atoms with Crippen molar-refractivity contribution < 1.29 is 8.42 Å². The molecule has 1 N–H and O–H groups in total. The molecule has 2 heterocycles. The van der Waals surface area contributed by atoms with Gasteiger partial charge < -0.3 is 0 Å². The van der Waals surface area contributed by atoms with E-state index in [1.54, 1.807) is 15.6 Å². The molecule has 4 nitrogen and oxygen atoms in total. The Bertz CT molecular complexity index is 485. The van der Waals surface area contributed by atoms with Crippen LogP contribution in [0.1, 0.15) is 38.2 Å². The van der Waals surface area contributed by atoms with Crippen molar-refractivity contribution in [2.75, 3.05) is 19.6 Å². The second-order valence-electron chi connectivity index (χ2n) is 5.42. The molecule has 1 aromatic heterocycles. The van der Waals surface area contributed by atoms with E-state index in [4.69, 9.17) is 0 Å². The highest BCUT2D eigenvalue weighted by Gasteiger charge is 2.27. The summed E-state index contributed by atoms with van der Waals surface area (Å²) in [6.07, 6.45) is 2.08. The fraction of sp³-hybridized carbons (Fsp3) is 0.692. The molecule has 1 aromatic rings. The third kappa shape index (κ3) is 4.02. The summed E-state index contributed by atoms with van der Waals surface area (Å²) in [5, 5.41) is 4.09. The van der Waals surface area contributed by atoms with E-state index >= 15 is 0 Å². The predicted octanol–water partition coefficient (Wildman–Crippen LogP) is 2.42. The van der Waals surface area contributed by atoms with E-state index < -0.39 is 10.2 Å². The number of rotatable bonds is 5. The number of thiophene rings is 1. The lowest BCUT2D eigenvalue weighted by Gasteiger charge is -2.30. The largest absolute Gasteiger partial charge is 0.279 e. The van der Waals surface area contributed by atoms with Gasteiger partial charge in [0.1, 0.15) is 0 Å². The Balaban J connectivity index is 1.90. The average Bonchev–Trinajstić information content (AvgIpc) is 2.90. The van der Waals surface area contributed by atoms with E-state index in [9.17, 15) is 8.42 Å². The lowest BCUT2D eigenvalue weighted by atomic mass is 10.0. The third-order valence-electron chi connectivity index (χ3n) is 3.64. The van der Waals surface area contributed by atoms with Gasteiger partial charge >= 0.3 is 0 Å². The molecule has 0 aromatic carbocycles. The Labute approximate surface area is 120 Å². The van der Waals surface area contributed by atoms with Crippen molar-refractivity contribution in [1.82, 2.24) is 9.03 Å². The van der Waals surface area contributed by atoms with Gasteiger partial charge in [0, 0.05) is 19.6 Å². The molecule has 1 fully saturated rings. The standard InChI is InChI=1S/C13H22N2O2S2/c1-11-4-3-6-15(9-11)19(16,17)14-8-12(2)13-5-7-18-10-13/h5,7,10-12,14H,3-4,6,8-9H2,1-2H3/t11-,12+/m0/s1. The first-order valence-corrected chi connectivity index (χ1v) is 9.14. The molecular weight excluding hydrogens is 280 g/mol. The van der Waals surface area contributed by atoms with Gasteiger partial charge in [0.25, 0.3) is 10.2 Å². The normalized spacial score (nSPS) is 23.4. The Kier molecular flexibility index (Phi) is 5.00. The van der Waals surface area contributed by atoms with Crippen molar-refractivity contribution in [2.45, 2.75) is 32.6 Å². The molecule has 0 spiro atoms. The van der Waals surface area contributed by atoms with Crippen molar-refractivity contribution in [3.8, 4) is 0 Å². The average molecular weight is 302 g/mol. The van der Waals surface area contributed by atoms with Gasteiger partial charge in [-0.3, -0.25) is 0 Å². The number of hydrogen-bond donors (Lipinski definition) is 1. The minimum Gasteiger partial charge on any atom is -0.202 e. The van der Waals surface area contributed by atoms with E-state index in [0.29, 0.717) is 25.6 Å². The Morgan fingerprint density at radius 2 is 2.37 bits per heavy atom. The first-order chi connectivity index (χ1) is 8.99. The Hall–Kier alpha value is -0.430. The van der Waals surface area contributed by atoms with Crippen LogP contribution in [-0.4, -0.2) is 32.4 Å². The van der Waals surface area contributed by atoms with Crippen LogP contribution in [0, 0.1) is 5.92 Å². The van der Waals surface area contributed by atoms with Crippen LogP contribution in [0.4, 0.5) is 0 Å². The van der Waals surface area contributed by atoms with Crippen LogP contribution in [0.2, 0.25) is 0 Å². The lowest BCUT2D eigenvalue weighted by molar-refractivity contribution is 0.278. The minimum absolute atomic E-state index is 0.211. The van der Waals surface area contributed by atoms with Crippen LogP contribution in [0.5, 0.6) is 0 Å². The van der Waals surface area contributed by atoms with Crippen molar-refractivity contribution in [3.05, 3.63) is 22.4 Å². The maximum atomic E-state index is 12.2. The van der Waals surface area contributed by atoms with Gasteiger partial charge in [-0.2, -0.15) is 24.1 Å². The maximum Gasteiger partial charge on any atom is 0.279 e. The topological polar surface area (TPSA) is 49.4 Å². The van der Waals surface area contributed by atoms with Crippen molar-refractivity contribution >= 4 is 21.5 Å². The molecule has 0 amide bonds. The zero-order chi connectivity index (χ0) is 13.9. The van der Waals surface area contributed by atoms with Gasteiger partial charge in [-0.15, -0.1) is 0 Å². The lowest BCUT2D eigenvalue weighted by Crippen LogP contribution is -2.46. The molecule has 6 heteroatoms. The molecule has 1 aliphatic heterocycles. The molecule has 1 saturated heterocycles. The Morgan fingerprint density at radius 3 is 3.00 bits per heavy atom. The Morgan fingerprint density at radius 1 is 1.58 bits per heavy atom. The zero-order valence-corrected chi connectivity index (χ0v) is 13.1. The summed E-state index contributed by atoms with van der Waals surface area (Å²) in [6, 6.07) is 2.05. The predicted molar refractivity (Wildman–Crippen MR) is 79.6 cm³/mol. The molecule has 19 heavy (non-hydrogen) atoms. The first kappa shape index (κ1) is 15.0. The molecule has 0 saturated carbocycles. The number of piperidine rings is 1. The van der Waals surface area contributed by atoms with Crippen LogP contribution >= 0.6 is 11.3 Å². The minimum atomic E-state index is -3.32. The second kappa shape index (κ2) is 6.35. The number of hydrogen-bond acceptors (Lipinski definition) is 3. The molecule has 0 aliphatic carbocycles. The van der Waals surface area contributed by atoms with Crippen molar-refractivity contribution in [3.63, 3.8) is 0 Å². The van der Waals surface area contributed by atoms with Gasteiger partial charge in [0.15, 0.2) is 0 Å². The fourth-order valence-electron chi connectivity index (χ4n) is 2.36. The first-order valence-electron chi connectivity index (χ1n) is 6.76. The number of nitrogens with one attached hydrogen (secondary N) is 1. The van der Waals surface area contributed by atoms with E-state index in [2.05, 4.69) is 17.0 Å². The molecule has 0 bridgehead atoms. The highest BCUT2D eigenvalue weighted by atomic mass is 32.2. The van der Waals surface area contributed by atoms with Crippen molar-refractivity contribution in [1.29, 1.82) is 0 Å². The smallest absolute Gasteiger partial charge is 0.202 e. The molecule has 2 rings (SSSR count). The molecule has 1 aliphatic rings. The molecular formula is C13H22N2O2S2. The van der Waals surface area contributed by atoms with Gasteiger partial charge in [0.05, 0.1) is 0 Å². The molecule has 0 unspecified atom stereocenters. The fourth-order valence-corrected chi connectivity index (χ4v) is 4.61. The summed E-state index contributed by atoms with van der Waals surface area (Å²) in [5.41, 5.74) is 1.19. The monoisotopic (exact) mass is 302 g/mol. The van der Waals surface area contributed by atoms with Gasteiger partial charge in [0.2, 0.25) is 0 Å². The molecule has 2 atom stereocenters. The quantitative estimate of drug-likeness (QED) is 0.908. The van der Waals surface area contributed by atoms with Gasteiger partial charge in [-0.05, 0) is 47.1 Å². The van der Waals surface area contributed by atoms with Crippen LogP contribution in [0.25, 0.3) is 0 Å². The summed E-state index contributed by atoms with van der Waals surface area (Å²) in [4.78, 5) is 0. The van der Waals surface area contributed by atoms with Crippen LogP contribution in [0.3, 0.4) is 0 Å². The van der Waals surface area contributed by atoms with Gasteiger partial charge in [-0.25, -0.2) is 4.72 Å². The summed E-state index contributed by atoms with van der Waals surface area (Å²) in [6.45, 7) is 5.90. The zero-order valence-electron chi connectivity index (χ0n) is 11.5.